The third kappa shape index (κ3) is 77.8. The van der Waals surface area contributed by atoms with Crippen LogP contribution >= 0.6 is 11.8 Å². The van der Waals surface area contributed by atoms with E-state index in [4.69, 9.17) is 16.6 Å². The van der Waals surface area contributed by atoms with E-state index in [2.05, 4.69) is 126 Å². The summed E-state index contributed by atoms with van der Waals surface area (Å²) in [6.45, 7) is 62.4. The molecule has 90 heavy (non-hydrogen) atoms. The first kappa shape index (κ1) is 101. The van der Waals surface area contributed by atoms with Gasteiger partial charge in [0.2, 0.25) is 5.91 Å². The number of aliphatic hydroxyl groups excluding tert-OH is 2. The number of thioether (sulfide) groups is 1. The fourth-order valence-electron chi connectivity index (χ4n) is 7.05. The quantitative estimate of drug-likeness (QED) is 0.0254. The van der Waals surface area contributed by atoms with E-state index in [-0.39, 0.29) is 95.1 Å². The molecule has 0 saturated carbocycles. The van der Waals surface area contributed by atoms with Gasteiger partial charge in [-0.05, 0) is 58.3 Å². The van der Waals surface area contributed by atoms with E-state index in [0.717, 1.165) is 77.2 Å². The summed E-state index contributed by atoms with van der Waals surface area (Å²) < 4.78 is 0. The van der Waals surface area contributed by atoms with Gasteiger partial charge in [0.15, 0.2) is 16.7 Å². The number of aliphatic hydroxyl groups is 2. The molecule has 0 aliphatic carbocycles. The van der Waals surface area contributed by atoms with Gasteiger partial charge in [-0.15, -0.1) is 0 Å². The molecule has 540 valence electrons. The van der Waals surface area contributed by atoms with Crippen LogP contribution in [-0.2, 0) is 33.6 Å². The van der Waals surface area contributed by atoms with Crippen molar-refractivity contribution in [2.75, 3.05) is 64.7 Å². The van der Waals surface area contributed by atoms with Crippen LogP contribution in [0.15, 0.2) is 0 Å². The predicted octanol–water partition coefficient (Wildman–Crippen LogP) is 9.06. The Labute approximate surface area is 558 Å². The lowest BCUT2D eigenvalue weighted by Crippen LogP contribution is -2.39. The van der Waals surface area contributed by atoms with Gasteiger partial charge in [-0.3, -0.25) is 33.6 Å². The molecule has 20 heteroatoms. The third-order valence-electron chi connectivity index (χ3n) is 12.9. The number of hydrogen-bond acceptors (Lipinski definition) is 19. The molecule has 0 heterocycles. The minimum absolute atomic E-state index is 0.0150. The van der Waals surface area contributed by atoms with Crippen molar-refractivity contribution in [1.29, 1.82) is 0 Å². The average molecular weight is 1310 g/mol. The van der Waals surface area contributed by atoms with E-state index in [0.29, 0.717) is 79.0 Å². The maximum atomic E-state index is 11.8. The van der Waals surface area contributed by atoms with Crippen LogP contribution in [0.5, 0.6) is 0 Å². The molecule has 0 bridgehead atoms. The molecule has 14 N–H and O–H groups in total. The number of Topliss-reactive ketones (excluding diaryl/α,β-unsaturated/α-hetero) is 5. The Hall–Kier alpha value is -2.60. The number of nitrogens with two attached hydrogens (primary N) is 2. The fourth-order valence-corrected chi connectivity index (χ4v) is 7.80. The number of ketones is 5. The van der Waals surface area contributed by atoms with Gasteiger partial charge < -0.3 is 64.2 Å². The molecular weight excluding hydrogens is 1160 g/mol. The Morgan fingerprint density at radius 3 is 1.16 bits per heavy atom. The van der Waals surface area contributed by atoms with Crippen LogP contribution < -0.4 is 54.0 Å². The van der Waals surface area contributed by atoms with Crippen molar-refractivity contribution in [3.05, 3.63) is 0 Å². The molecule has 0 aliphatic rings. The van der Waals surface area contributed by atoms with Gasteiger partial charge in [-0.25, -0.2) is 0 Å². The van der Waals surface area contributed by atoms with Crippen molar-refractivity contribution >= 4 is 51.7 Å². The maximum absolute atomic E-state index is 11.8. The van der Waals surface area contributed by atoms with Crippen LogP contribution in [0.25, 0.3) is 0 Å². The van der Waals surface area contributed by atoms with Crippen molar-refractivity contribution in [1.82, 2.24) is 42.5 Å². The van der Waals surface area contributed by atoms with Crippen molar-refractivity contribution in [2.45, 2.75) is 299 Å². The Balaban J connectivity index is -0.000000179. The first-order valence-electron chi connectivity index (χ1n) is 34.5. The number of amides is 1. The SMILES string of the molecule is CC(C)NCC(N)CC(=O)C(C)C.CC(C)NCCC(CCO)C(=O)C(C)C.CC(C)NCCC(N)C(=O)C(C)C.CC(C)NCCC(O)C(=O)C(C)C.CC(C)NCCCC(=O)C(C)C.CC(C)NCCNC(=O)C(C)C.CC(C)NCCSC(=O)C(C)C. The van der Waals surface area contributed by atoms with Crippen molar-refractivity contribution in [3.63, 3.8) is 0 Å². The lowest BCUT2D eigenvalue weighted by Gasteiger charge is -2.18. The van der Waals surface area contributed by atoms with E-state index in [1.807, 2.05) is 96.9 Å². The van der Waals surface area contributed by atoms with Gasteiger partial charge in [0.1, 0.15) is 23.5 Å². The average Bonchev–Trinajstić information content (AvgIpc) is 3.45. The summed E-state index contributed by atoms with van der Waals surface area (Å²) in [6.07, 6.45) is 4.03. The first-order chi connectivity index (χ1) is 41.4. The van der Waals surface area contributed by atoms with E-state index in [9.17, 15) is 38.7 Å². The van der Waals surface area contributed by atoms with Gasteiger partial charge in [0.05, 0.1) is 6.04 Å². The summed E-state index contributed by atoms with van der Waals surface area (Å²) in [5.41, 5.74) is 11.5. The molecule has 0 aliphatic heterocycles. The highest BCUT2D eigenvalue weighted by molar-refractivity contribution is 8.13. The number of hydrogen-bond donors (Lipinski definition) is 12. The van der Waals surface area contributed by atoms with Crippen molar-refractivity contribution < 1.29 is 43.8 Å². The molecule has 0 radical (unpaired) electrons. The molecule has 0 aromatic rings. The van der Waals surface area contributed by atoms with Gasteiger partial charge in [0, 0.05) is 147 Å². The summed E-state index contributed by atoms with van der Waals surface area (Å²) in [5, 5.41) is 44.1. The normalized spacial score (nSPS) is 12.6. The minimum Gasteiger partial charge on any atom is -0.396 e. The topological polar surface area (TPSA) is 308 Å². The summed E-state index contributed by atoms with van der Waals surface area (Å²) in [7, 11) is 0. The maximum Gasteiger partial charge on any atom is 0.222 e. The molecule has 0 spiro atoms. The minimum atomic E-state index is -0.800. The molecule has 0 aromatic carbocycles. The molecule has 4 atom stereocenters. The highest BCUT2D eigenvalue weighted by Crippen LogP contribution is 2.15. The van der Waals surface area contributed by atoms with E-state index in [1.165, 1.54) is 11.8 Å². The molecule has 0 saturated heterocycles. The number of rotatable bonds is 42. The summed E-state index contributed by atoms with van der Waals surface area (Å²) >= 11 is 1.43. The molecule has 1 amide bonds. The van der Waals surface area contributed by atoms with E-state index in [1.54, 1.807) is 13.8 Å². The molecule has 0 fully saturated rings. The van der Waals surface area contributed by atoms with Gasteiger partial charge in [-0.2, -0.15) is 0 Å². The Morgan fingerprint density at radius 1 is 0.389 bits per heavy atom. The van der Waals surface area contributed by atoms with Crippen LogP contribution in [0.2, 0.25) is 0 Å². The zero-order chi connectivity index (χ0) is 71.8. The zero-order valence-electron chi connectivity index (χ0n) is 63.2. The van der Waals surface area contributed by atoms with Gasteiger partial charge in [-0.1, -0.05) is 206 Å². The highest BCUT2D eigenvalue weighted by atomic mass is 32.2. The van der Waals surface area contributed by atoms with Crippen molar-refractivity contribution in [2.24, 2.45) is 58.8 Å². The van der Waals surface area contributed by atoms with Gasteiger partial charge >= 0.3 is 0 Å². The monoisotopic (exact) mass is 1310 g/mol. The molecule has 0 rings (SSSR count). The van der Waals surface area contributed by atoms with Crippen LogP contribution in [0.3, 0.4) is 0 Å². The van der Waals surface area contributed by atoms with Crippen LogP contribution in [-0.4, -0.2) is 175 Å². The lowest BCUT2D eigenvalue weighted by atomic mass is 9.90. The predicted molar refractivity (Wildman–Crippen MR) is 386 cm³/mol. The van der Waals surface area contributed by atoms with E-state index >= 15 is 0 Å². The smallest absolute Gasteiger partial charge is 0.222 e. The number of carbonyl (C=O) groups is 7. The summed E-state index contributed by atoms with van der Waals surface area (Å²) in [6, 6.07) is 2.93. The fraction of sp³-hybridized carbons (Fsp3) is 0.900. The van der Waals surface area contributed by atoms with Gasteiger partial charge in [0.25, 0.3) is 0 Å². The first-order valence-corrected chi connectivity index (χ1v) is 35.5. The van der Waals surface area contributed by atoms with Crippen LogP contribution in [0, 0.1) is 47.3 Å². The number of nitrogens with one attached hydrogen (secondary N) is 8. The Kier molecular flexibility index (Phi) is 73.0. The second kappa shape index (κ2) is 65.1. The Bertz CT molecular complexity index is 1620. The third-order valence-corrected chi connectivity index (χ3v) is 14.0. The molecular formula is C70H150N10O9S. The zero-order valence-corrected chi connectivity index (χ0v) is 64.0. The number of carbonyl (C=O) groups excluding carboxylic acids is 7. The van der Waals surface area contributed by atoms with Crippen LogP contribution in [0.4, 0.5) is 0 Å². The molecule has 0 aromatic heterocycles. The molecule has 19 nitrogen and oxygen atoms in total. The van der Waals surface area contributed by atoms with Crippen LogP contribution in [0.1, 0.15) is 239 Å². The highest BCUT2D eigenvalue weighted by Gasteiger charge is 2.21. The second-order valence-electron chi connectivity index (χ2n) is 27.7. The molecule has 4 unspecified atom stereocenters. The Morgan fingerprint density at radius 2 is 0.778 bits per heavy atom. The summed E-state index contributed by atoms with van der Waals surface area (Å²) in [5.74, 6) is 2.61. The van der Waals surface area contributed by atoms with Crippen molar-refractivity contribution in [3.8, 4) is 0 Å². The van der Waals surface area contributed by atoms with E-state index < -0.39 is 6.10 Å². The lowest BCUT2D eigenvalue weighted by molar-refractivity contribution is -0.130. The largest absolute Gasteiger partial charge is 0.396 e. The summed E-state index contributed by atoms with van der Waals surface area (Å²) in [4.78, 5) is 79.0. The second-order valence-corrected chi connectivity index (χ2v) is 28.8. The standard InChI is InChI=1S/C12H25NO2.2C10H22N2O.C10H21NO2.C10H21NO.C9H20N2O.C9H19NOS/c1-9(2)12(15)11(6-8-14)5-7-13-10(3)4;1-7(2)10(13)5-9(11)6-12-8(3)4;1-7(2)10(13)9(11)5-6-12-8(3)4;1-7(2)10(13)9(12)5-6-11-8(3)4;1-8(2)10(12)6-5-7-11-9(3)4;1-7(2)9(12)11-6-5-10-8(3)4;1-7(2)9(11)12-6-5-10-8(3)4/h9-11,13-14H,5-8H2,1-4H3;2*7-9,12H,5-6,11H2,1-4H3;7-9,11-12H,5-6H2,1-4H3;8-9,11H,5-7H2,1-4H3;7-8,10H,5-6H2,1-4H3,(H,11,12);7-8,10H,5-6H2,1-4H3.